The Morgan fingerprint density at radius 1 is 0.828 bits per heavy atom. The second kappa shape index (κ2) is 8.76. The Kier molecular flexibility index (Phi) is 5.73. The first-order valence-corrected chi connectivity index (χ1v) is 9.74. The van der Waals surface area contributed by atoms with Gasteiger partial charge in [-0.05, 0) is 35.4 Å². The Balaban J connectivity index is 1.59. The first-order chi connectivity index (χ1) is 14.2. The number of halogens is 1. The normalized spacial score (nSPS) is 10.7. The van der Waals surface area contributed by atoms with E-state index in [4.69, 9.17) is 11.6 Å². The highest BCUT2D eigenvalue weighted by Crippen LogP contribution is 2.17. The number of carbonyl (C=O) groups excluding carboxylic acids is 1. The highest BCUT2D eigenvalue weighted by atomic mass is 35.5. The number of hydrogen-bond acceptors (Lipinski definition) is 2. The van der Waals surface area contributed by atoms with Gasteiger partial charge in [-0.3, -0.25) is 4.79 Å². The third-order valence-corrected chi connectivity index (χ3v) is 4.89. The molecule has 0 aliphatic heterocycles. The van der Waals surface area contributed by atoms with Gasteiger partial charge in [0.2, 0.25) is 0 Å². The molecule has 4 rings (SSSR count). The van der Waals surface area contributed by atoms with E-state index in [1.54, 1.807) is 29.2 Å². The maximum absolute atomic E-state index is 13.3. The fraction of sp³-hybridized carbons (Fsp3) is 0.0833. The van der Waals surface area contributed by atoms with E-state index in [-0.39, 0.29) is 5.91 Å². The molecule has 5 heteroatoms. The van der Waals surface area contributed by atoms with E-state index in [0.29, 0.717) is 23.7 Å². The molecular formula is C24H20ClN3O. The first kappa shape index (κ1) is 19.0. The Bertz CT molecular complexity index is 1030. The average Bonchev–Trinajstić information content (AvgIpc) is 3.25. The summed E-state index contributed by atoms with van der Waals surface area (Å²) in [5.41, 5.74) is 3.57. The molecule has 0 saturated heterocycles. The van der Waals surface area contributed by atoms with Gasteiger partial charge in [0.05, 0.1) is 17.4 Å². The van der Waals surface area contributed by atoms with Crippen LogP contribution in [-0.4, -0.2) is 20.6 Å². The Hall–Kier alpha value is -3.37. The fourth-order valence-corrected chi connectivity index (χ4v) is 3.28. The number of aromatic nitrogens is 2. The first-order valence-electron chi connectivity index (χ1n) is 9.37. The third-order valence-electron chi connectivity index (χ3n) is 4.64. The van der Waals surface area contributed by atoms with Crippen LogP contribution < -0.4 is 0 Å². The van der Waals surface area contributed by atoms with E-state index < -0.39 is 0 Å². The standard InChI is InChI=1S/C24H20ClN3O/c25-22-11-13-23(14-12-22)28-18-21(15-26-28)24(29)27(16-19-7-3-1-4-8-19)17-20-9-5-2-6-10-20/h1-15,18H,16-17H2. The lowest BCUT2D eigenvalue weighted by Crippen LogP contribution is -2.29. The topological polar surface area (TPSA) is 38.1 Å². The van der Waals surface area contributed by atoms with Crippen molar-refractivity contribution in [3.8, 4) is 5.69 Å². The van der Waals surface area contributed by atoms with Gasteiger partial charge in [-0.15, -0.1) is 0 Å². The number of rotatable bonds is 6. The van der Waals surface area contributed by atoms with Gasteiger partial charge >= 0.3 is 0 Å². The van der Waals surface area contributed by atoms with E-state index in [9.17, 15) is 4.79 Å². The summed E-state index contributed by atoms with van der Waals surface area (Å²) < 4.78 is 1.69. The van der Waals surface area contributed by atoms with Crippen LogP contribution in [0.3, 0.4) is 0 Å². The molecule has 0 N–H and O–H groups in total. The monoisotopic (exact) mass is 401 g/mol. The van der Waals surface area contributed by atoms with Crippen LogP contribution in [0.2, 0.25) is 5.02 Å². The lowest BCUT2D eigenvalue weighted by molar-refractivity contribution is 0.0730. The Morgan fingerprint density at radius 3 is 1.93 bits per heavy atom. The minimum Gasteiger partial charge on any atom is -0.330 e. The summed E-state index contributed by atoms with van der Waals surface area (Å²) in [5.74, 6) is -0.0575. The molecule has 4 aromatic rings. The quantitative estimate of drug-likeness (QED) is 0.435. The molecule has 0 bridgehead atoms. The molecule has 0 aliphatic rings. The van der Waals surface area contributed by atoms with Crippen molar-refractivity contribution in [2.45, 2.75) is 13.1 Å². The molecule has 3 aromatic carbocycles. The van der Waals surface area contributed by atoms with Crippen LogP contribution in [0.1, 0.15) is 21.5 Å². The highest BCUT2D eigenvalue weighted by molar-refractivity contribution is 6.30. The number of carbonyl (C=O) groups is 1. The van der Waals surface area contributed by atoms with Gasteiger partial charge in [-0.1, -0.05) is 72.3 Å². The summed E-state index contributed by atoms with van der Waals surface area (Å²) in [4.78, 5) is 15.1. The molecule has 144 valence electrons. The van der Waals surface area contributed by atoms with Crippen LogP contribution in [-0.2, 0) is 13.1 Å². The third kappa shape index (κ3) is 4.73. The largest absolute Gasteiger partial charge is 0.330 e. The summed E-state index contributed by atoms with van der Waals surface area (Å²) >= 11 is 5.96. The second-order valence-corrected chi connectivity index (χ2v) is 7.22. The van der Waals surface area contributed by atoms with Gasteiger partial charge in [-0.2, -0.15) is 5.10 Å². The SMILES string of the molecule is O=C(c1cnn(-c2ccc(Cl)cc2)c1)N(Cc1ccccc1)Cc1ccccc1. The van der Waals surface area contributed by atoms with Gasteiger partial charge in [0, 0.05) is 24.3 Å². The minimum absolute atomic E-state index is 0.0575. The molecule has 29 heavy (non-hydrogen) atoms. The van der Waals surface area contributed by atoms with Crippen molar-refractivity contribution in [3.63, 3.8) is 0 Å². The van der Waals surface area contributed by atoms with Gasteiger partial charge in [0.1, 0.15) is 0 Å². The van der Waals surface area contributed by atoms with Crippen LogP contribution in [0.15, 0.2) is 97.3 Å². The molecule has 0 spiro atoms. The minimum atomic E-state index is -0.0575. The Labute approximate surface area is 175 Å². The van der Waals surface area contributed by atoms with Crippen molar-refractivity contribution >= 4 is 17.5 Å². The summed E-state index contributed by atoms with van der Waals surface area (Å²) in [6.45, 7) is 1.06. The van der Waals surface area contributed by atoms with Crippen molar-refractivity contribution in [2.24, 2.45) is 0 Å². The lowest BCUT2D eigenvalue weighted by atomic mass is 10.1. The van der Waals surface area contributed by atoms with Crippen LogP contribution in [0.5, 0.6) is 0 Å². The van der Waals surface area contributed by atoms with Crippen LogP contribution in [0.4, 0.5) is 0 Å². The Morgan fingerprint density at radius 2 is 1.38 bits per heavy atom. The van der Waals surface area contributed by atoms with Crippen molar-refractivity contribution < 1.29 is 4.79 Å². The zero-order chi connectivity index (χ0) is 20.1. The number of benzene rings is 3. The molecule has 0 saturated carbocycles. The van der Waals surface area contributed by atoms with E-state index in [1.165, 1.54) is 0 Å². The molecular weight excluding hydrogens is 382 g/mol. The lowest BCUT2D eigenvalue weighted by Gasteiger charge is -2.22. The number of amides is 1. The highest BCUT2D eigenvalue weighted by Gasteiger charge is 2.19. The van der Waals surface area contributed by atoms with Crippen LogP contribution in [0, 0.1) is 0 Å². The number of nitrogens with zero attached hydrogens (tertiary/aromatic N) is 3. The predicted octanol–water partition coefficient (Wildman–Crippen LogP) is 5.37. The molecule has 0 aliphatic carbocycles. The van der Waals surface area contributed by atoms with Gasteiger partial charge in [0.15, 0.2) is 0 Å². The van der Waals surface area contributed by atoms with E-state index in [2.05, 4.69) is 5.10 Å². The molecule has 0 atom stereocenters. The molecule has 0 radical (unpaired) electrons. The van der Waals surface area contributed by atoms with E-state index in [0.717, 1.165) is 16.8 Å². The summed E-state index contributed by atoms with van der Waals surface area (Å²) in [7, 11) is 0. The number of hydrogen-bond donors (Lipinski definition) is 0. The molecule has 0 fully saturated rings. The molecule has 0 unspecified atom stereocenters. The van der Waals surface area contributed by atoms with E-state index >= 15 is 0 Å². The molecule has 1 aromatic heterocycles. The van der Waals surface area contributed by atoms with E-state index in [1.807, 2.05) is 77.7 Å². The zero-order valence-corrected chi connectivity index (χ0v) is 16.5. The van der Waals surface area contributed by atoms with Crippen LogP contribution in [0.25, 0.3) is 5.69 Å². The second-order valence-electron chi connectivity index (χ2n) is 6.78. The summed E-state index contributed by atoms with van der Waals surface area (Å²) in [6.07, 6.45) is 3.37. The van der Waals surface area contributed by atoms with Crippen LogP contribution >= 0.6 is 11.6 Å². The fourth-order valence-electron chi connectivity index (χ4n) is 3.16. The van der Waals surface area contributed by atoms with Crippen molar-refractivity contribution in [1.82, 2.24) is 14.7 Å². The maximum Gasteiger partial charge on any atom is 0.257 e. The van der Waals surface area contributed by atoms with Gasteiger partial charge in [0.25, 0.3) is 5.91 Å². The maximum atomic E-state index is 13.3. The van der Waals surface area contributed by atoms with Crippen molar-refractivity contribution in [1.29, 1.82) is 0 Å². The van der Waals surface area contributed by atoms with Gasteiger partial charge in [-0.25, -0.2) is 4.68 Å². The average molecular weight is 402 g/mol. The summed E-state index contributed by atoms with van der Waals surface area (Å²) in [6, 6.07) is 27.4. The van der Waals surface area contributed by atoms with Crippen molar-refractivity contribution in [3.05, 3.63) is 119 Å². The predicted molar refractivity (Wildman–Crippen MR) is 115 cm³/mol. The molecule has 4 nitrogen and oxygen atoms in total. The molecule has 1 amide bonds. The van der Waals surface area contributed by atoms with Crippen molar-refractivity contribution in [2.75, 3.05) is 0 Å². The smallest absolute Gasteiger partial charge is 0.257 e. The summed E-state index contributed by atoms with van der Waals surface area (Å²) in [5, 5.41) is 5.02. The molecule has 1 heterocycles. The zero-order valence-electron chi connectivity index (χ0n) is 15.8. The van der Waals surface area contributed by atoms with Gasteiger partial charge < -0.3 is 4.90 Å².